The normalized spacial score (nSPS) is 15.3. The third-order valence-electron chi connectivity index (χ3n) is 3.34. The van der Waals surface area contributed by atoms with E-state index in [-0.39, 0.29) is 0 Å². The van der Waals surface area contributed by atoms with Gasteiger partial charge >= 0.3 is 15.6 Å². The standard InChI is InChI=1S/C14H12F3N3O3S/c1-9-7-20(8-18-9)11-3-4-12-10(6-11)2-5-13(19-12)23-24(21,22)14(15,16)17/h2-7,18H,8H2,1H3. The third kappa shape index (κ3) is 3.09. The summed E-state index contributed by atoms with van der Waals surface area (Å²) in [6.45, 7) is 2.53. The molecule has 1 aliphatic heterocycles. The first-order valence-corrected chi connectivity index (χ1v) is 8.17. The number of benzene rings is 1. The zero-order valence-electron chi connectivity index (χ0n) is 12.3. The van der Waals surface area contributed by atoms with Gasteiger partial charge in [0.1, 0.15) is 0 Å². The summed E-state index contributed by atoms with van der Waals surface area (Å²) < 4.78 is 63.0. The van der Waals surface area contributed by atoms with Crippen LogP contribution in [0.1, 0.15) is 6.92 Å². The predicted octanol–water partition coefficient (Wildman–Crippen LogP) is 2.69. The first-order valence-electron chi connectivity index (χ1n) is 6.76. The Kier molecular flexibility index (Phi) is 3.78. The van der Waals surface area contributed by atoms with Crippen LogP contribution in [0.25, 0.3) is 10.9 Å². The fourth-order valence-corrected chi connectivity index (χ4v) is 2.59. The molecular weight excluding hydrogens is 347 g/mol. The summed E-state index contributed by atoms with van der Waals surface area (Å²) in [5, 5.41) is 3.78. The van der Waals surface area contributed by atoms with Gasteiger partial charge in [0.05, 0.1) is 12.2 Å². The van der Waals surface area contributed by atoms with Gasteiger partial charge in [0.25, 0.3) is 0 Å². The van der Waals surface area contributed by atoms with Gasteiger partial charge < -0.3 is 14.4 Å². The fraction of sp³-hybridized carbons (Fsp3) is 0.214. The van der Waals surface area contributed by atoms with Gasteiger partial charge in [0.2, 0.25) is 5.88 Å². The van der Waals surface area contributed by atoms with Gasteiger partial charge in [-0.2, -0.15) is 21.6 Å². The van der Waals surface area contributed by atoms with E-state index in [0.29, 0.717) is 17.6 Å². The average Bonchev–Trinajstić information content (AvgIpc) is 2.92. The Morgan fingerprint density at radius 1 is 1.25 bits per heavy atom. The molecule has 0 amide bonds. The van der Waals surface area contributed by atoms with Crippen molar-refractivity contribution >= 4 is 26.7 Å². The topological polar surface area (TPSA) is 71.5 Å². The van der Waals surface area contributed by atoms with Crippen molar-refractivity contribution in [1.29, 1.82) is 0 Å². The van der Waals surface area contributed by atoms with Crippen molar-refractivity contribution in [2.75, 3.05) is 11.6 Å². The lowest BCUT2D eigenvalue weighted by Gasteiger charge is -2.15. The number of alkyl halides is 3. The van der Waals surface area contributed by atoms with Gasteiger partial charge in [-0.25, -0.2) is 4.98 Å². The summed E-state index contributed by atoms with van der Waals surface area (Å²) in [5.74, 6) is -0.633. The number of anilines is 1. The lowest BCUT2D eigenvalue weighted by Crippen LogP contribution is -2.28. The molecule has 0 aliphatic carbocycles. The number of hydrogen-bond donors (Lipinski definition) is 1. The molecule has 1 aromatic heterocycles. The number of nitrogens with zero attached hydrogens (tertiary/aromatic N) is 2. The molecule has 10 heteroatoms. The van der Waals surface area contributed by atoms with Crippen LogP contribution in [0.15, 0.2) is 42.2 Å². The quantitative estimate of drug-likeness (QED) is 0.671. The van der Waals surface area contributed by atoms with Gasteiger partial charge in [-0.05, 0) is 31.2 Å². The zero-order chi connectivity index (χ0) is 17.5. The molecule has 0 saturated carbocycles. The van der Waals surface area contributed by atoms with Crippen LogP contribution in [0.3, 0.4) is 0 Å². The maximum absolute atomic E-state index is 12.3. The molecule has 0 radical (unpaired) electrons. The van der Waals surface area contributed by atoms with Gasteiger partial charge in [-0.1, -0.05) is 0 Å². The Morgan fingerprint density at radius 3 is 2.62 bits per heavy atom. The minimum absolute atomic E-state index is 0.321. The van der Waals surface area contributed by atoms with Gasteiger partial charge in [-0.3, -0.25) is 0 Å². The van der Waals surface area contributed by atoms with Crippen molar-refractivity contribution in [3.05, 3.63) is 42.2 Å². The molecular formula is C14H12F3N3O3S. The van der Waals surface area contributed by atoms with E-state index in [2.05, 4.69) is 14.5 Å². The molecule has 6 nitrogen and oxygen atoms in total. The van der Waals surface area contributed by atoms with Gasteiger partial charge in [0.15, 0.2) is 0 Å². The highest BCUT2D eigenvalue weighted by molar-refractivity contribution is 7.87. The molecule has 1 aliphatic rings. The summed E-state index contributed by atoms with van der Waals surface area (Å²) in [5.41, 5.74) is -3.30. The van der Waals surface area contributed by atoms with Crippen LogP contribution in [0.4, 0.5) is 18.9 Å². The first-order chi connectivity index (χ1) is 11.2. The van der Waals surface area contributed by atoms with Crippen LogP contribution < -0.4 is 14.4 Å². The molecule has 24 heavy (non-hydrogen) atoms. The van der Waals surface area contributed by atoms with Crippen molar-refractivity contribution in [2.24, 2.45) is 0 Å². The van der Waals surface area contributed by atoms with Crippen LogP contribution in [-0.4, -0.2) is 25.6 Å². The van der Waals surface area contributed by atoms with Crippen LogP contribution in [0.5, 0.6) is 5.88 Å². The SMILES string of the molecule is CC1=CN(c2ccc3nc(OS(=O)(=O)C(F)(F)F)ccc3c2)CN1. The number of nitrogens with one attached hydrogen (secondary N) is 1. The van der Waals surface area contributed by atoms with E-state index < -0.39 is 21.5 Å². The van der Waals surface area contributed by atoms with Gasteiger partial charge in [0, 0.05) is 29.0 Å². The van der Waals surface area contributed by atoms with E-state index in [1.807, 2.05) is 18.0 Å². The van der Waals surface area contributed by atoms with E-state index in [0.717, 1.165) is 17.5 Å². The minimum atomic E-state index is -5.73. The molecule has 0 atom stereocenters. The van der Waals surface area contributed by atoms with Gasteiger partial charge in [-0.15, -0.1) is 0 Å². The van der Waals surface area contributed by atoms with Crippen molar-refractivity contribution in [3.8, 4) is 5.88 Å². The maximum atomic E-state index is 12.3. The number of allylic oxidation sites excluding steroid dienone is 1. The van der Waals surface area contributed by atoms with E-state index in [9.17, 15) is 21.6 Å². The molecule has 1 N–H and O–H groups in total. The van der Waals surface area contributed by atoms with Crippen LogP contribution in [-0.2, 0) is 10.1 Å². The number of pyridine rings is 1. The minimum Gasteiger partial charge on any atom is -0.370 e. The summed E-state index contributed by atoms with van der Waals surface area (Å²) in [7, 11) is -5.73. The number of fused-ring (bicyclic) bond motifs is 1. The molecule has 3 rings (SSSR count). The van der Waals surface area contributed by atoms with Crippen molar-refractivity contribution in [2.45, 2.75) is 12.4 Å². The highest BCUT2D eigenvalue weighted by Gasteiger charge is 2.48. The Balaban J connectivity index is 1.90. The van der Waals surface area contributed by atoms with Crippen molar-refractivity contribution in [1.82, 2.24) is 10.3 Å². The predicted molar refractivity (Wildman–Crippen MR) is 81.6 cm³/mol. The van der Waals surface area contributed by atoms with E-state index >= 15 is 0 Å². The third-order valence-corrected chi connectivity index (χ3v) is 4.29. The summed E-state index contributed by atoms with van der Waals surface area (Å²) >= 11 is 0. The second-order valence-electron chi connectivity index (χ2n) is 5.13. The molecule has 0 unspecified atom stereocenters. The molecule has 0 spiro atoms. The molecule has 2 aromatic rings. The largest absolute Gasteiger partial charge is 0.534 e. The van der Waals surface area contributed by atoms with Crippen molar-refractivity contribution < 1.29 is 25.8 Å². The first kappa shape index (κ1) is 16.4. The average molecular weight is 359 g/mol. The fourth-order valence-electron chi connectivity index (χ4n) is 2.18. The number of halogens is 3. The lowest BCUT2D eigenvalue weighted by atomic mass is 10.2. The molecule has 128 valence electrons. The molecule has 0 fully saturated rings. The monoisotopic (exact) mass is 359 g/mol. The smallest absolute Gasteiger partial charge is 0.370 e. The highest BCUT2D eigenvalue weighted by Crippen LogP contribution is 2.28. The second kappa shape index (κ2) is 5.55. The Morgan fingerprint density at radius 2 is 2.00 bits per heavy atom. The van der Waals surface area contributed by atoms with E-state index in [1.165, 1.54) is 6.07 Å². The zero-order valence-corrected chi connectivity index (χ0v) is 13.1. The molecule has 0 bridgehead atoms. The Labute approximate surface area is 135 Å². The number of rotatable bonds is 3. The summed E-state index contributed by atoms with van der Waals surface area (Å²) in [6, 6.07) is 7.64. The Hall–Kier alpha value is -2.49. The second-order valence-corrected chi connectivity index (χ2v) is 6.66. The van der Waals surface area contributed by atoms with E-state index in [4.69, 9.17) is 0 Å². The number of hydrogen-bond acceptors (Lipinski definition) is 6. The van der Waals surface area contributed by atoms with Crippen LogP contribution in [0.2, 0.25) is 0 Å². The highest BCUT2D eigenvalue weighted by atomic mass is 32.2. The molecule has 1 aromatic carbocycles. The summed E-state index contributed by atoms with van der Waals surface area (Å²) in [4.78, 5) is 5.76. The van der Waals surface area contributed by atoms with Crippen LogP contribution >= 0.6 is 0 Å². The van der Waals surface area contributed by atoms with E-state index in [1.54, 1.807) is 18.2 Å². The summed E-state index contributed by atoms with van der Waals surface area (Å²) in [6.07, 6.45) is 1.92. The molecule has 0 saturated heterocycles. The number of aromatic nitrogens is 1. The Bertz CT molecular complexity index is 926. The molecule has 2 heterocycles. The lowest BCUT2D eigenvalue weighted by molar-refractivity contribution is -0.0501. The van der Waals surface area contributed by atoms with Crippen LogP contribution in [0, 0.1) is 0 Å². The maximum Gasteiger partial charge on any atom is 0.534 e. The van der Waals surface area contributed by atoms with Crippen molar-refractivity contribution in [3.63, 3.8) is 0 Å².